The zero-order valence-corrected chi connectivity index (χ0v) is 29.1. The van der Waals surface area contributed by atoms with Crippen LogP contribution in [0.4, 0.5) is 0 Å². The van der Waals surface area contributed by atoms with Crippen LogP contribution in [-0.4, -0.2) is 0 Å². The summed E-state index contributed by atoms with van der Waals surface area (Å²) >= 11 is 0. The molecule has 43 heavy (non-hydrogen) atoms. The van der Waals surface area contributed by atoms with Crippen molar-refractivity contribution in [3.8, 4) is 33.6 Å². The second kappa shape index (κ2) is 14.5. The molecular formula is C39H34Cl2OZr. The van der Waals surface area contributed by atoms with Crippen LogP contribution in [0.3, 0.4) is 0 Å². The van der Waals surface area contributed by atoms with Gasteiger partial charge in [0.15, 0.2) is 0 Å². The Balaban J connectivity index is 0.000000228. The summed E-state index contributed by atoms with van der Waals surface area (Å²) in [4.78, 5) is 0. The molecule has 1 nitrogen and oxygen atoms in total. The summed E-state index contributed by atoms with van der Waals surface area (Å²) < 4.78 is 5.81. The van der Waals surface area contributed by atoms with Crippen LogP contribution in [0.5, 0.6) is 0 Å². The quantitative estimate of drug-likeness (QED) is 0.233. The molecule has 0 unspecified atom stereocenters. The third-order valence-corrected chi connectivity index (χ3v) is 8.14. The van der Waals surface area contributed by atoms with Crippen LogP contribution in [-0.2, 0) is 26.2 Å². The molecule has 0 spiro atoms. The summed E-state index contributed by atoms with van der Waals surface area (Å²) in [6.45, 7) is 10.8. The fraction of sp³-hybridized carbons (Fsp3) is 0.128. The zero-order chi connectivity index (χ0) is 27.8. The van der Waals surface area contributed by atoms with Gasteiger partial charge in [-0.15, -0.1) is 51.9 Å². The monoisotopic (exact) mass is 678 g/mol. The van der Waals surface area contributed by atoms with Crippen LogP contribution < -0.4 is 24.8 Å². The first-order valence-corrected chi connectivity index (χ1v) is 13.9. The minimum absolute atomic E-state index is 0. The number of benzene rings is 4. The van der Waals surface area contributed by atoms with Crippen LogP contribution in [0.25, 0.3) is 55.1 Å². The molecule has 7 aromatic rings. The Morgan fingerprint density at radius 3 is 1.63 bits per heavy atom. The van der Waals surface area contributed by atoms with Crippen molar-refractivity contribution < 1.29 is 55.4 Å². The fourth-order valence-electron chi connectivity index (χ4n) is 5.82. The summed E-state index contributed by atoms with van der Waals surface area (Å²) in [6, 6.07) is 40.9. The smallest absolute Gasteiger partial charge is 1.00 e. The summed E-state index contributed by atoms with van der Waals surface area (Å²) in [5.74, 6) is 1.88. The number of hydrogen-bond donors (Lipinski definition) is 0. The molecule has 214 valence electrons. The van der Waals surface area contributed by atoms with E-state index in [1.165, 1.54) is 66.1 Å². The number of hydrogen-bond acceptors (Lipinski definition) is 1. The fourth-order valence-corrected chi connectivity index (χ4v) is 5.82. The predicted octanol–water partition coefficient (Wildman–Crippen LogP) is 5.26. The maximum Gasteiger partial charge on any atom is 4.00 e. The maximum absolute atomic E-state index is 5.81. The third kappa shape index (κ3) is 6.83. The molecule has 0 atom stereocenters. The van der Waals surface area contributed by atoms with Crippen molar-refractivity contribution in [1.82, 2.24) is 0 Å². The van der Waals surface area contributed by atoms with Gasteiger partial charge >= 0.3 is 26.2 Å². The molecule has 0 aliphatic carbocycles. The molecule has 1 aromatic heterocycles. The Hall–Kier alpha value is -3.16. The van der Waals surface area contributed by atoms with E-state index in [1.54, 1.807) is 0 Å². The average Bonchev–Trinajstić information content (AvgIpc) is 3.71. The van der Waals surface area contributed by atoms with Gasteiger partial charge in [-0.2, -0.15) is 12.1 Å². The van der Waals surface area contributed by atoms with E-state index in [-0.39, 0.29) is 51.0 Å². The van der Waals surface area contributed by atoms with Crippen molar-refractivity contribution in [1.29, 1.82) is 0 Å². The number of aryl methyl sites for hydroxylation is 3. The van der Waals surface area contributed by atoms with E-state index in [4.69, 9.17) is 4.42 Å². The molecule has 0 saturated carbocycles. The van der Waals surface area contributed by atoms with Gasteiger partial charge in [0.25, 0.3) is 0 Å². The second-order valence-corrected chi connectivity index (χ2v) is 10.8. The summed E-state index contributed by atoms with van der Waals surface area (Å²) in [7, 11) is 0. The first-order chi connectivity index (χ1) is 19.4. The first kappa shape index (κ1) is 34.3. The average molecular weight is 681 g/mol. The van der Waals surface area contributed by atoms with Gasteiger partial charge in [-0.25, -0.2) is 0 Å². The molecule has 0 fully saturated rings. The Bertz CT molecular complexity index is 1940. The largest absolute Gasteiger partial charge is 4.00 e. The molecular weight excluding hydrogens is 647 g/mol. The number of rotatable bonds is 3. The van der Waals surface area contributed by atoms with Crippen molar-refractivity contribution >= 4 is 21.5 Å². The summed E-state index contributed by atoms with van der Waals surface area (Å²) in [6.07, 6.45) is 0. The van der Waals surface area contributed by atoms with E-state index in [0.29, 0.717) is 0 Å². The molecule has 0 amide bonds. The Kier molecular flexibility index (Phi) is 11.6. The molecule has 1 heterocycles. The molecule has 0 radical (unpaired) electrons. The minimum Gasteiger partial charge on any atom is -1.00 e. The molecule has 0 N–H and O–H groups in total. The van der Waals surface area contributed by atoms with Crippen molar-refractivity contribution in [2.24, 2.45) is 0 Å². The molecule has 7 rings (SSSR count). The second-order valence-electron chi connectivity index (χ2n) is 10.8. The van der Waals surface area contributed by atoms with E-state index in [2.05, 4.69) is 131 Å². The number of fused-ring (bicyclic) bond motifs is 2. The Morgan fingerprint density at radius 2 is 1.09 bits per heavy atom. The Labute approximate surface area is 286 Å². The van der Waals surface area contributed by atoms with E-state index < -0.39 is 0 Å². The van der Waals surface area contributed by atoms with Crippen LogP contribution in [0.15, 0.2) is 120 Å². The van der Waals surface area contributed by atoms with Gasteiger partial charge in [-0.1, -0.05) is 94.0 Å². The van der Waals surface area contributed by atoms with Gasteiger partial charge in [0, 0.05) is 0 Å². The van der Waals surface area contributed by atoms with E-state index in [0.717, 1.165) is 17.1 Å². The van der Waals surface area contributed by atoms with Crippen LogP contribution in [0.2, 0.25) is 0 Å². The normalized spacial score (nSPS) is 10.3. The maximum atomic E-state index is 5.81. The topological polar surface area (TPSA) is 13.1 Å². The molecule has 6 aromatic carbocycles. The number of furan rings is 1. The van der Waals surface area contributed by atoms with Gasteiger partial charge in [0.05, 0.1) is 11.5 Å². The van der Waals surface area contributed by atoms with E-state index in [9.17, 15) is 0 Å². The Morgan fingerprint density at radius 1 is 0.558 bits per heavy atom. The minimum atomic E-state index is 0. The van der Waals surface area contributed by atoms with Gasteiger partial charge in [0.2, 0.25) is 0 Å². The standard InChI is InChI=1S/C22H19O.C17H15.2ClH.Zr/c1-14-11-18-12-19(21-10-9-15(2)23-21)13-20(18)22(16(14)3)17-7-5-4-6-8-17;1-12-11-15-9-6-10-16(15)17(13(12)2)14-7-4-3-5-8-14;;;/h4-13H,1-3H3;3-11H,1-2H3;2*1H;/q2*-1;;;+4/p-2. The predicted molar refractivity (Wildman–Crippen MR) is 171 cm³/mol. The first-order valence-electron chi connectivity index (χ1n) is 13.9. The van der Waals surface area contributed by atoms with Gasteiger partial charge in [-0.05, 0) is 63.4 Å². The van der Waals surface area contributed by atoms with E-state index in [1.807, 2.05) is 19.1 Å². The zero-order valence-electron chi connectivity index (χ0n) is 25.1. The summed E-state index contributed by atoms with van der Waals surface area (Å²) in [5, 5.41) is 5.27. The van der Waals surface area contributed by atoms with Gasteiger partial charge in [0.1, 0.15) is 0 Å². The van der Waals surface area contributed by atoms with Crippen molar-refractivity contribution in [2.75, 3.05) is 0 Å². The molecule has 0 saturated heterocycles. The van der Waals surface area contributed by atoms with Gasteiger partial charge < -0.3 is 29.2 Å². The van der Waals surface area contributed by atoms with E-state index >= 15 is 0 Å². The molecule has 0 aliphatic heterocycles. The summed E-state index contributed by atoms with van der Waals surface area (Å²) in [5.41, 5.74) is 11.9. The van der Waals surface area contributed by atoms with Crippen LogP contribution in [0, 0.1) is 34.6 Å². The van der Waals surface area contributed by atoms with Crippen LogP contribution >= 0.6 is 0 Å². The third-order valence-electron chi connectivity index (χ3n) is 8.14. The van der Waals surface area contributed by atoms with Crippen molar-refractivity contribution in [3.63, 3.8) is 0 Å². The SMILES string of the molecule is Cc1cc2[cH-]ccc2c(-c2ccccc2)c1C.Cc1ccc(-c2cc3c(-c4ccccc4)c(C)c(C)cc3[cH-]2)o1.[Cl-].[Cl-].[Zr+4]. The van der Waals surface area contributed by atoms with Crippen LogP contribution in [0.1, 0.15) is 28.0 Å². The number of halogens is 2. The molecule has 0 bridgehead atoms. The van der Waals surface area contributed by atoms with Crippen molar-refractivity contribution in [2.45, 2.75) is 34.6 Å². The van der Waals surface area contributed by atoms with Crippen molar-refractivity contribution in [3.05, 3.63) is 143 Å². The molecule has 0 aliphatic rings. The molecule has 4 heteroatoms. The van der Waals surface area contributed by atoms with Gasteiger partial charge in [-0.3, -0.25) is 0 Å².